The van der Waals surface area contributed by atoms with Gasteiger partial charge < -0.3 is 4.90 Å². The number of anilines is 1. The molecule has 0 bridgehead atoms. The van der Waals surface area contributed by atoms with Crippen molar-refractivity contribution in [2.24, 2.45) is 17.3 Å². The number of hydrogen-bond donors (Lipinski definition) is 1. The second-order valence-corrected chi connectivity index (χ2v) is 8.07. The standard InChI is InChI=1S/C16H21N3O2S/c1-10(2)15(4-5-15)13(21)19-7-3-11-9-16(11,19)12(20)18-14-17-6-8-22-14/h6,8,10-11H,3-5,7,9H2,1-2H3,(H,17,18,20). The molecule has 0 aromatic carbocycles. The largest absolute Gasteiger partial charge is 0.327 e. The topological polar surface area (TPSA) is 62.3 Å². The van der Waals surface area contributed by atoms with Crippen molar-refractivity contribution in [2.75, 3.05) is 11.9 Å². The average Bonchev–Trinajstić information content (AvgIpc) is 3.35. The van der Waals surface area contributed by atoms with Gasteiger partial charge in [-0.1, -0.05) is 13.8 Å². The fourth-order valence-corrected chi connectivity index (χ4v) is 4.61. The van der Waals surface area contributed by atoms with E-state index >= 15 is 0 Å². The van der Waals surface area contributed by atoms with Gasteiger partial charge in [-0.2, -0.15) is 0 Å². The van der Waals surface area contributed by atoms with Gasteiger partial charge in [-0.25, -0.2) is 4.98 Å². The number of carbonyl (C=O) groups is 2. The Morgan fingerprint density at radius 2 is 2.23 bits per heavy atom. The van der Waals surface area contributed by atoms with Crippen molar-refractivity contribution >= 4 is 28.3 Å². The highest BCUT2D eigenvalue weighted by Gasteiger charge is 2.71. The van der Waals surface area contributed by atoms with Crippen molar-refractivity contribution in [2.45, 2.75) is 45.1 Å². The normalized spacial score (nSPS) is 31.0. The van der Waals surface area contributed by atoms with E-state index in [1.165, 1.54) is 11.3 Å². The first kappa shape index (κ1) is 14.2. The van der Waals surface area contributed by atoms with Crippen LogP contribution in [0.3, 0.4) is 0 Å². The number of thiazole rings is 1. The van der Waals surface area contributed by atoms with Gasteiger partial charge in [0, 0.05) is 18.1 Å². The van der Waals surface area contributed by atoms with Crippen LogP contribution in [0.1, 0.15) is 39.5 Å². The summed E-state index contributed by atoms with van der Waals surface area (Å²) < 4.78 is 0. The summed E-state index contributed by atoms with van der Waals surface area (Å²) in [5.74, 6) is 0.839. The van der Waals surface area contributed by atoms with E-state index in [0.717, 1.165) is 32.2 Å². The Hall–Kier alpha value is -1.43. The zero-order chi connectivity index (χ0) is 15.5. The van der Waals surface area contributed by atoms with Crippen LogP contribution in [0.2, 0.25) is 0 Å². The number of amides is 2. The molecular weight excluding hydrogens is 298 g/mol. The maximum Gasteiger partial charge on any atom is 0.252 e. The Balaban J connectivity index is 1.56. The van der Waals surface area contributed by atoms with Crippen molar-refractivity contribution in [1.82, 2.24) is 9.88 Å². The molecular formula is C16H21N3O2S. The van der Waals surface area contributed by atoms with Gasteiger partial charge in [-0.15, -0.1) is 11.3 Å². The predicted molar refractivity (Wildman–Crippen MR) is 84.4 cm³/mol. The van der Waals surface area contributed by atoms with Crippen LogP contribution in [0, 0.1) is 17.3 Å². The first-order valence-electron chi connectivity index (χ1n) is 8.04. The van der Waals surface area contributed by atoms with Crippen LogP contribution < -0.4 is 5.32 Å². The molecule has 3 aliphatic rings. The monoisotopic (exact) mass is 319 g/mol. The van der Waals surface area contributed by atoms with Crippen molar-refractivity contribution < 1.29 is 9.59 Å². The minimum absolute atomic E-state index is 0.0437. The van der Waals surface area contributed by atoms with Gasteiger partial charge in [-0.05, 0) is 37.5 Å². The van der Waals surface area contributed by atoms with Gasteiger partial charge in [0.1, 0.15) is 5.54 Å². The maximum absolute atomic E-state index is 13.1. The number of hydrogen-bond acceptors (Lipinski definition) is 4. The lowest BCUT2D eigenvalue weighted by atomic mass is 9.90. The van der Waals surface area contributed by atoms with Crippen LogP contribution in [0.15, 0.2) is 11.6 Å². The molecule has 22 heavy (non-hydrogen) atoms. The molecule has 1 saturated heterocycles. The number of likely N-dealkylation sites (tertiary alicyclic amines) is 1. The Bertz CT molecular complexity index is 623. The van der Waals surface area contributed by atoms with Crippen LogP contribution in [0.25, 0.3) is 0 Å². The van der Waals surface area contributed by atoms with E-state index in [2.05, 4.69) is 24.1 Å². The van der Waals surface area contributed by atoms with Gasteiger partial charge in [0.2, 0.25) is 5.91 Å². The molecule has 3 fully saturated rings. The van der Waals surface area contributed by atoms with Crippen LogP contribution in [-0.4, -0.2) is 33.8 Å². The summed E-state index contributed by atoms with van der Waals surface area (Å²) in [5, 5.41) is 5.37. The third kappa shape index (κ3) is 1.79. The van der Waals surface area contributed by atoms with Crippen LogP contribution in [0.4, 0.5) is 5.13 Å². The summed E-state index contributed by atoms with van der Waals surface area (Å²) in [6.07, 6.45) is 5.37. The molecule has 6 heteroatoms. The number of fused-ring (bicyclic) bond motifs is 1. The summed E-state index contributed by atoms with van der Waals surface area (Å²) in [6, 6.07) is 0. The Morgan fingerprint density at radius 3 is 2.77 bits per heavy atom. The predicted octanol–water partition coefficient (Wildman–Crippen LogP) is 2.51. The second-order valence-electron chi connectivity index (χ2n) is 7.17. The summed E-state index contributed by atoms with van der Waals surface area (Å²) in [7, 11) is 0. The maximum atomic E-state index is 13.1. The number of piperidine rings is 1. The minimum atomic E-state index is -0.590. The van der Waals surface area contributed by atoms with E-state index < -0.39 is 5.54 Å². The molecule has 2 atom stereocenters. The summed E-state index contributed by atoms with van der Waals surface area (Å²) in [6.45, 7) is 4.96. The second kappa shape index (κ2) is 4.54. The van der Waals surface area contributed by atoms with E-state index in [1.54, 1.807) is 6.20 Å². The van der Waals surface area contributed by atoms with Crippen molar-refractivity contribution in [3.8, 4) is 0 Å². The van der Waals surface area contributed by atoms with Gasteiger partial charge in [0.25, 0.3) is 5.91 Å². The van der Waals surface area contributed by atoms with E-state index in [9.17, 15) is 9.59 Å². The molecule has 2 unspecified atom stereocenters. The van der Waals surface area contributed by atoms with Crippen molar-refractivity contribution in [3.63, 3.8) is 0 Å². The SMILES string of the molecule is CC(C)C1(C(=O)N2CCC3CC32C(=O)Nc2nccs2)CC1. The quantitative estimate of drug-likeness (QED) is 0.927. The summed E-state index contributed by atoms with van der Waals surface area (Å²) in [5.41, 5.74) is -0.792. The molecule has 1 N–H and O–H groups in total. The smallest absolute Gasteiger partial charge is 0.252 e. The molecule has 0 spiro atoms. The summed E-state index contributed by atoms with van der Waals surface area (Å²) in [4.78, 5) is 31.8. The molecule has 2 heterocycles. The van der Waals surface area contributed by atoms with Crippen LogP contribution >= 0.6 is 11.3 Å². The number of carbonyl (C=O) groups excluding carboxylic acids is 2. The molecule has 1 aliphatic heterocycles. The lowest BCUT2D eigenvalue weighted by molar-refractivity contribution is -0.145. The zero-order valence-corrected chi connectivity index (χ0v) is 13.8. The highest BCUT2D eigenvalue weighted by molar-refractivity contribution is 7.13. The molecule has 4 rings (SSSR count). The fourth-order valence-electron chi connectivity index (χ4n) is 4.09. The van der Waals surface area contributed by atoms with Crippen molar-refractivity contribution in [3.05, 3.63) is 11.6 Å². The van der Waals surface area contributed by atoms with Gasteiger partial charge >= 0.3 is 0 Å². The first-order valence-corrected chi connectivity index (χ1v) is 8.92. The van der Waals surface area contributed by atoms with Crippen molar-refractivity contribution in [1.29, 1.82) is 0 Å². The number of rotatable bonds is 4. The highest BCUT2D eigenvalue weighted by Crippen LogP contribution is 2.61. The molecule has 118 valence electrons. The molecule has 5 nitrogen and oxygen atoms in total. The fraction of sp³-hybridized carbons (Fsp3) is 0.688. The van der Waals surface area contributed by atoms with E-state index in [-0.39, 0.29) is 17.2 Å². The third-order valence-electron chi connectivity index (χ3n) is 5.87. The molecule has 2 amide bonds. The molecule has 0 radical (unpaired) electrons. The lowest BCUT2D eigenvalue weighted by Gasteiger charge is -2.32. The number of nitrogens with one attached hydrogen (secondary N) is 1. The average molecular weight is 319 g/mol. The lowest BCUT2D eigenvalue weighted by Crippen LogP contribution is -2.51. The zero-order valence-electron chi connectivity index (χ0n) is 13.0. The first-order chi connectivity index (χ1) is 10.5. The highest BCUT2D eigenvalue weighted by atomic mass is 32.1. The van der Waals surface area contributed by atoms with E-state index in [0.29, 0.717) is 17.0 Å². The van der Waals surface area contributed by atoms with Gasteiger partial charge in [-0.3, -0.25) is 14.9 Å². The molecule has 1 aromatic heterocycles. The van der Waals surface area contributed by atoms with Crippen LogP contribution in [0.5, 0.6) is 0 Å². The Morgan fingerprint density at radius 1 is 1.45 bits per heavy atom. The van der Waals surface area contributed by atoms with Gasteiger partial charge in [0.05, 0.1) is 5.41 Å². The number of nitrogens with zero attached hydrogens (tertiary/aromatic N) is 2. The summed E-state index contributed by atoms with van der Waals surface area (Å²) >= 11 is 1.41. The molecule has 2 saturated carbocycles. The molecule has 2 aliphatic carbocycles. The Kier molecular flexibility index (Phi) is 2.92. The van der Waals surface area contributed by atoms with E-state index in [1.807, 2.05) is 10.3 Å². The molecule has 1 aromatic rings. The number of aromatic nitrogens is 1. The minimum Gasteiger partial charge on any atom is -0.327 e. The van der Waals surface area contributed by atoms with Gasteiger partial charge in [0.15, 0.2) is 5.13 Å². The van der Waals surface area contributed by atoms with Crippen LogP contribution in [-0.2, 0) is 9.59 Å². The third-order valence-corrected chi connectivity index (χ3v) is 6.56. The van der Waals surface area contributed by atoms with E-state index in [4.69, 9.17) is 0 Å². The Labute approximate surface area is 134 Å².